The first-order valence-corrected chi connectivity index (χ1v) is 6.63. The highest BCUT2D eigenvalue weighted by molar-refractivity contribution is 7.99. The van der Waals surface area contributed by atoms with E-state index in [0.717, 1.165) is 30.0 Å². The van der Waals surface area contributed by atoms with Gasteiger partial charge in [0, 0.05) is 4.90 Å². The van der Waals surface area contributed by atoms with Crippen molar-refractivity contribution in [3.05, 3.63) is 53.8 Å². The zero-order valence-electron chi connectivity index (χ0n) is 10.7. The Balaban J connectivity index is 2.23. The molecule has 2 aromatic carbocycles. The monoisotopic (exact) mass is 332 g/mol. The molecule has 0 spiro atoms. The van der Waals surface area contributed by atoms with E-state index < -0.39 is 23.9 Å². The van der Waals surface area contributed by atoms with Crippen LogP contribution in [0.25, 0.3) is 0 Å². The van der Waals surface area contributed by atoms with Crippen molar-refractivity contribution in [2.24, 2.45) is 0 Å². The van der Waals surface area contributed by atoms with E-state index in [0.29, 0.717) is 4.90 Å². The van der Waals surface area contributed by atoms with E-state index in [1.54, 1.807) is 0 Å². The number of carboxylic acids is 1. The van der Waals surface area contributed by atoms with Gasteiger partial charge in [0.05, 0.1) is 10.5 Å². The molecule has 3 nitrogen and oxygen atoms in total. The summed E-state index contributed by atoms with van der Waals surface area (Å²) < 4.78 is 53.6. The maximum absolute atomic E-state index is 13.7. The first-order chi connectivity index (χ1) is 10.3. The quantitative estimate of drug-likeness (QED) is 0.833. The maximum atomic E-state index is 13.7. The van der Waals surface area contributed by atoms with Gasteiger partial charge in [-0.1, -0.05) is 17.8 Å². The van der Waals surface area contributed by atoms with Crippen LogP contribution >= 0.6 is 11.8 Å². The Bertz CT molecular complexity index is 683. The number of halogens is 4. The second-order valence-electron chi connectivity index (χ2n) is 4.04. The van der Waals surface area contributed by atoms with Crippen molar-refractivity contribution in [3.8, 4) is 5.75 Å². The fourth-order valence-electron chi connectivity index (χ4n) is 1.61. The summed E-state index contributed by atoms with van der Waals surface area (Å²) in [6.45, 7) is 0. The van der Waals surface area contributed by atoms with Gasteiger partial charge in [0.15, 0.2) is 0 Å². The number of aromatic carboxylic acids is 1. The zero-order valence-corrected chi connectivity index (χ0v) is 11.5. The van der Waals surface area contributed by atoms with Crippen molar-refractivity contribution in [1.29, 1.82) is 0 Å². The molecule has 0 aliphatic rings. The van der Waals surface area contributed by atoms with E-state index in [1.807, 2.05) is 0 Å². The van der Waals surface area contributed by atoms with E-state index in [-0.39, 0.29) is 10.5 Å². The highest BCUT2D eigenvalue weighted by Crippen LogP contribution is 2.34. The summed E-state index contributed by atoms with van der Waals surface area (Å²) in [6, 6.07) is 8.32. The molecule has 0 fully saturated rings. The predicted molar refractivity (Wildman–Crippen MR) is 70.6 cm³/mol. The number of carboxylic acid groups (broad SMARTS) is 1. The van der Waals surface area contributed by atoms with Crippen molar-refractivity contribution >= 4 is 17.7 Å². The summed E-state index contributed by atoms with van der Waals surface area (Å²) in [5.74, 6) is -2.43. The molecule has 22 heavy (non-hydrogen) atoms. The molecule has 0 saturated heterocycles. The summed E-state index contributed by atoms with van der Waals surface area (Å²) in [6.07, 6.45) is -4.79. The third-order valence-electron chi connectivity index (χ3n) is 2.47. The zero-order chi connectivity index (χ0) is 16.3. The lowest BCUT2D eigenvalue weighted by atomic mass is 10.2. The largest absolute Gasteiger partial charge is 0.573 e. The van der Waals surface area contributed by atoms with Crippen molar-refractivity contribution in [1.82, 2.24) is 0 Å². The summed E-state index contributed by atoms with van der Waals surface area (Å²) in [7, 11) is 0. The molecule has 0 aromatic heterocycles. The Kier molecular flexibility index (Phi) is 4.60. The van der Waals surface area contributed by atoms with Crippen LogP contribution in [0.4, 0.5) is 17.6 Å². The SMILES string of the molecule is O=C(O)c1cccc(F)c1Sc1ccc(OC(F)(F)F)cc1. The van der Waals surface area contributed by atoms with Crippen LogP contribution in [0.2, 0.25) is 0 Å². The fraction of sp³-hybridized carbons (Fsp3) is 0.0714. The summed E-state index contributed by atoms with van der Waals surface area (Å²) in [4.78, 5) is 11.3. The first kappa shape index (κ1) is 16.2. The molecule has 0 saturated carbocycles. The Morgan fingerprint density at radius 3 is 2.27 bits per heavy atom. The van der Waals surface area contributed by atoms with Gasteiger partial charge in [-0.2, -0.15) is 0 Å². The van der Waals surface area contributed by atoms with Crippen LogP contribution < -0.4 is 4.74 Å². The van der Waals surface area contributed by atoms with Crippen molar-refractivity contribution < 1.29 is 32.2 Å². The molecule has 0 heterocycles. The topological polar surface area (TPSA) is 46.5 Å². The molecule has 0 aliphatic heterocycles. The number of carbonyl (C=O) groups is 1. The molecule has 1 N–H and O–H groups in total. The van der Waals surface area contributed by atoms with Gasteiger partial charge in [0.25, 0.3) is 0 Å². The van der Waals surface area contributed by atoms with Crippen LogP contribution in [0.1, 0.15) is 10.4 Å². The molecule has 0 radical (unpaired) electrons. The van der Waals surface area contributed by atoms with Gasteiger partial charge < -0.3 is 9.84 Å². The molecule has 0 atom stereocenters. The highest BCUT2D eigenvalue weighted by atomic mass is 32.2. The molecule has 116 valence electrons. The summed E-state index contributed by atoms with van der Waals surface area (Å²) in [5.41, 5.74) is -0.222. The molecule has 2 rings (SSSR count). The molecule has 2 aromatic rings. The first-order valence-electron chi connectivity index (χ1n) is 5.82. The van der Waals surface area contributed by atoms with E-state index >= 15 is 0 Å². The summed E-state index contributed by atoms with van der Waals surface area (Å²) in [5, 5.41) is 9.01. The Hall–Kier alpha value is -2.22. The fourth-order valence-corrected chi connectivity index (χ4v) is 2.55. The van der Waals surface area contributed by atoms with Crippen LogP contribution in [0, 0.1) is 5.82 Å². The number of hydrogen-bond acceptors (Lipinski definition) is 3. The second kappa shape index (κ2) is 6.27. The average Bonchev–Trinajstić information content (AvgIpc) is 2.41. The molecule has 0 unspecified atom stereocenters. The Labute approximate surface area is 126 Å². The Morgan fingerprint density at radius 2 is 1.73 bits per heavy atom. The normalized spacial score (nSPS) is 11.3. The molecular formula is C14H8F4O3S. The van der Waals surface area contributed by atoms with Crippen molar-refractivity contribution in [3.63, 3.8) is 0 Å². The van der Waals surface area contributed by atoms with Crippen LogP contribution in [0.15, 0.2) is 52.3 Å². The van der Waals surface area contributed by atoms with Gasteiger partial charge in [0.2, 0.25) is 0 Å². The summed E-state index contributed by atoms with van der Waals surface area (Å²) >= 11 is 0.803. The van der Waals surface area contributed by atoms with Crippen molar-refractivity contribution in [2.75, 3.05) is 0 Å². The van der Waals surface area contributed by atoms with Gasteiger partial charge in [-0.15, -0.1) is 13.2 Å². The number of ether oxygens (including phenoxy) is 1. The van der Waals surface area contributed by atoms with Gasteiger partial charge >= 0.3 is 12.3 Å². The lowest BCUT2D eigenvalue weighted by molar-refractivity contribution is -0.274. The number of benzene rings is 2. The predicted octanol–water partition coefficient (Wildman–Crippen LogP) is 4.57. The van der Waals surface area contributed by atoms with E-state index in [4.69, 9.17) is 5.11 Å². The number of alkyl halides is 3. The van der Waals surface area contributed by atoms with Gasteiger partial charge in [-0.3, -0.25) is 0 Å². The minimum absolute atomic E-state index is 0.112. The molecule has 0 amide bonds. The minimum Gasteiger partial charge on any atom is -0.478 e. The molecule has 8 heteroatoms. The van der Waals surface area contributed by atoms with Crippen LogP contribution in [0.5, 0.6) is 5.75 Å². The van der Waals surface area contributed by atoms with Crippen molar-refractivity contribution in [2.45, 2.75) is 16.2 Å². The Morgan fingerprint density at radius 1 is 1.09 bits per heavy atom. The van der Waals surface area contributed by atoms with Gasteiger partial charge in [0.1, 0.15) is 11.6 Å². The average molecular weight is 332 g/mol. The highest BCUT2D eigenvalue weighted by Gasteiger charge is 2.31. The molecule has 0 aliphatic carbocycles. The lowest BCUT2D eigenvalue weighted by Gasteiger charge is -2.10. The van der Waals surface area contributed by atoms with E-state index in [9.17, 15) is 22.4 Å². The van der Waals surface area contributed by atoms with E-state index in [1.165, 1.54) is 24.3 Å². The molecular weight excluding hydrogens is 324 g/mol. The number of rotatable bonds is 4. The lowest BCUT2D eigenvalue weighted by Crippen LogP contribution is -2.16. The van der Waals surface area contributed by atoms with Crippen LogP contribution in [0.3, 0.4) is 0 Å². The third kappa shape index (κ3) is 4.14. The van der Waals surface area contributed by atoms with Crippen LogP contribution in [-0.4, -0.2) is 17.4 Å². The minimum atomic E-state index is -4.79. The maximum Gasteiger partial charge on any atom is 0.573 e. The van der Waals surface area contributed by atoms with Gasteiger partial charge in [-0.05, 0) is 36.4 Å². The smallest absolute Gasteiger partial charge is 0.478 e. The van der Waals surface area contributed by atoms with E-state index in [2.05, 4.69) is 4.74 Å². The number of hydrogen-bond donors (Lipinski definition) is 1. The second-order valence-corrected chi connectivity index (χ2v) is 5.13. The van der Waals surface area contributed by atoms with Crippen LogP contribution in [-0.2, 0) is 0 Å². The third-order valence-corrected chi connectivity index (χ3v) is 3.60. The standard InChI is InChI=1S/C14H8F4O3S/c15-11-3-1-2-10(13(19)20)12(11)22-9-6-4-8(5-7-9)21-14(16,17)18/h1-7H,(H,19,20). The van der Waals surface area contributed by atoms with Gasteiger partial charge in [-0.25, -0.2) is 9.18 Å². The molecule has 0 bridgehead atoms.